The average Bonchev–Trinajstić information content (AvgIpc) is 2.82. The number of rotatable bonds is 2. The lowest BCUT2D eigenvalue weighted by atomic mass is 10.0. The predicted octanol–water partition coefficient (Wildman–Crippen LogP) is 1.93. The maximum Gasteiger partial charge on any atom is 0.225 e. The number of hydrogen-bond acceptors (Lipinski definition) is 4. The van der Waals surface area contributed by atoms with E-state index in [1.807, 2.05) is 6.20 Å². The number of nitrogens with zero attached hydrogens (tertiary/aromatic N) is 3. The van der Waals surface area contributed by atoms with Crippen LogP contribution in [0.4, 0.5) is 5.95 Å². The fourth-order valence-electron chi connectivity index (χ4n) is 3.01. The molecule has 0 spiro atoms. The van der Waals surface area contributed by atoms with Gasteiger partial charge in [0.2, 0.25) is 5.95 Å². The van der Waals surface area contributed by atoms with Crippen LogP contribution in [0.15, 0.2) is 12.3 Å². The minimum absolute atomic E-state index is 0.678. The Morgan fingerprint density at radius 1 is 1.11 bits per heavy atom. The Balaban J connectivity index is 1.76. The van der Waals surface area contributed by atoms with Crippen molar-refractivity contribution in [3.05, 3.63) is 18.0 Å². The number of anilines is 1. The molecule has 1 saturated carbocycles. The Morgan fingerprint density at radius 3 is 2.89 bits per heavy atom. The van der Waals surface area contributed by atoms with Crippen LogP contribution in [0.3, 0.4) is 0 Å². The third-order valence-electron chi connectivity index (χ3n) is 4.06. The van der Waals surface area contributed by atoms with Crippen LogP contribution in [0.5, 0.6) is 0 Å². The van der Waals surface area contributed by atoms with E-state index >= 15 is 0 Å². The van der Waals surface area contributed by atoms with Gasteiger partial charge < -0.3 is 10.2 Å². The van der Waals surface area contributed by atoms with E-state index in [0.717, 1.165) is 32.1 Å². The first kappa shape index (κ1) is 11.9. The Labute approximate surface area is 109 Å². The number of hydrogen-bond donors (Lipinski definition) is 1. The summed E-state index contributed by atoms with van der Waals surface area (Å²) in [5, 5.41) is 3.42. The minimum atomic E-state index is 0.678. The van der Waals surface area contributed by atoms with Gasteiger partial charge in [-0.2, -0.15) is 0 Å². The molecule has 0 aromatic carbocycles. The van der Waals surface area contributed by atoms with Crippen LogP contribution in [-0.4, -0.2) is 36.1 Å². The van der Waals surface area contributed by atoms with E-state index in [1.54, 1.807) is 0 Å². The molecule has 0 unspecified atom stereocenters. The summed E-state index contributed by atoms with van der Waals surface area (Å²) in [5.74, 6) is 1.61. The van der Waals surface area contributed by atoms with Gasteiger partial charge in [-0.1, -0.05) is 12.8 Å². The van der Waals surface area contributed by atoms with Gasteiger partial charge in [0, 0.05) is 37.4 Å². The molecule has 0 atom stereocenters. The third kappa shape index (κ3) is 2.64. The van der Waals surface area contributed by atoms with Gasteiger partial charge in [0.1, 0.15) is 0 Å². The van der Waals surface area contributed by atoms with Crippen molar-refractivity contribution in [1.29, 1.82) is 0 Å². The second-order valence-electron chi connectivity index (χ2n) is 5.35. The fraction of sp³-hybridized carbons (Fsp3) is 0.714. The molecule has 1 N–H and O–H groups in total. The Kier molecular flexibility index (Phi) is 3.74. The monoisotopic (exact) mass is 246 g/mol. The van der Waals surface area contributed by atoms with Gasteiger partial charge in [0.15, 0.2) is 0 Å². The van der Waals surface area contributed by atoms with Crippen LogP contribution >= 0.6 is 0 Å². The van der Waals surface area contributed by atoms with Crippen molar-refractivity contribution in [2.45, 2.75) is 38.0 Å². The molecule has 2 heterocycles. The second kappa shape index (κ2) is 5.65. The van der Waals surface area contributed by atoms with Gasteiger partial charge in [-0.25, -0.2) is 9.97 Å². The van der Waals surface area contributed by atoms with Crippen molar-refractivity contribution in [2.24, 2.45) is 0 Å². The van der Waals surface area contributed by atoms with Crippen molar-refractivity contribution in [1.82, 2.24) is 15.3 Å². The zero-order chi connectivity index (χ0) is 12.2. The average molecular weight is 246 g/mol. The lowest BCUT2D eigenvalue weighted by Crippen LogP contribution is -2.29. The summed E-state index contributed by atoms with van der Waals surface area (Å²) in [6.45, 7) is 4.24. The molecule has 4 nitrogen and oxygen atoms in total. The normalized spacial score (nSPS) is 22.1. The van der Waals surface area contributed by atoms with Crippen molar-refractivity contribution in [3.63, 3.8) is 0 Å². The smallest absolute Gasteiger partial charge is 0.225 e. The topological polar surface area (TPSA) is 41.1 Å². The van der Waals surface area contributed by atoms with E-state index in [9.17, 15) is 0 Å². The summed E-state index contributed by atoms with van der Waals surface area (Å²) in [4.78, 5) is 11.6. The highest BCUT2D eigenvalue weighted by molar-refractivity contribution is 5.31. The first-order valence-electron chi connectivity index (χ1n) is 7.22. The number of aromatic nitrogens is 2. The molecule has 1 aromatic heterocycles. The van der Waals surface area contributed by atoms with Crippen LogP contribution < -0.4 is 10.2 Å². The van der Waals surface area contributed by atoms with Crippen molar-refractivity contribution in [3.8, 4) is 0 Å². The van der Waals surface area contributed by atoms with Gasteiger partial charge in [0.05, 0.1) is 0 Å². The molecule has 0 amide bonds. The highest BCUT2D eigenvalue weighted by atomic mass is 15.3. The van der Waals surface area contributed by atoms with Gasteiger partial charge in [-0.15, -0.1) is 0 Å². The second-order valence-corrected chi connectivity index (χ2v) is 5.35. The minimum Gasteiger partial charge on any atom is -0.339 e. The lowest BCUT2D eigenvalue weighted by molar-refractivity contribution is 0.684. The molecule has 1 aliphatic carbocycles. The first-order valence-corrected chi connectivity index (χ1v) is 7.22. The predicted molar refractivity (Wildman–Crippen MR) is 72.9 cm³/mol. The van der Waals surface area contributed by atoms with Crippen LogP contribution in [-0.2, 0) is 0 Å². The van der Waals surface area contributed by atoms with Crippen LogP contribution in [0, 0.1) is 0 Å². The van der Waals surface area contributed by atoms with Gasteiger partial charge in [-0.3, -0.25) is 0 Å². The molecule has 3 rings (SSSR count). The molecule has 1 aliphatic heterocycles. The molecule has 1 saturated heterocycles. The summed E-state index contributed by atoms with van der Waals surface area (Å²) in [5.41, 5.74) is 1.26. The SMILES string of the molecule is c1cc(C2CCCC2)nc(N2CCCNCC2)n1. The van der Waals surface area contributed by atoms with Crippen LogP contribution in [0.2, 0.25) is 0 Å². The third-order valence-corrected chi connectivity index (χ3v) is 4.06. The molecule has 2 aliphatic rings. The molecular weight excluding hydrogens is 224 g/mol. The molecular formula is C14H22N4. The zero-order valence-electron chi connectivity index (χ0n) is 10.9. The van der Waals surface area contributed by atoms with Gasteiger partial charge >= 0.3 is 0 Å². The van der Waals surface area contributed by atoms with E-state index < -0.39 is 0 Å². The van der Waals surface area contributed by atoms with E-state index in [1.165, 1.54) is 37.8 Å². The summed E-state index contributed by atoms with van der Waals surface area (Å²) in [7, 11) is 0. The summed E-state index contributed by atoms with van der Waals surface area (Å²) in [6.07, 6.45) is 8.44. The summed E-state index contributed by atoms with van der Waals surface area (Å²) < 4.78 is 0. The van der Waals surface area contributed by atoms with Gasteiger partial charge in [-0.05, 0) is 31.9 Å². The van der Waals surface area contributed by atoms with E-state index in [4.69, 9.17) is 4.98 Å². The Bertz CT molecular complexity index is 379. The largest absolute Gasteiger partial charge is 0.339 e. The summed E-state index contributed by atoms with van der Waals surface area (Å²) >= 11 is 0. The van der Waals surface area contributed by atoms with Crippen LogP contribution in [0.1, 0.15) is 43.7 Å². The van der Waals surface area contributed by atoms with Crippen molar-refractivity contribution >= 4 is 5.95 Å². The Hall–Kier alpha value is -1.16. The van der Waals surface area contributed by atoms with E-state index in [0.29, 0.717) is 5.92 Å². The highest BCUT2D eigenvalue weighted by Crippen LogP contribution is 2.33. The lowest BCUT2D eigenvalue weighted by Gasteiger charge is -2.21. The van der Waals surface area contributed by atoms with Crippen molar-refractivity contribution in [2.75, 3.05) is 31.1 Å². The van der Waals surface area contributed by atoms with E-state index in [2.05, 4.69) is 21.3 Å². The molecule has 1 aromatic rings. The fourth-order valence-corrected chi connectivity index (χ4v) is 3.01. The van der Waals surface area contributed by atoms with Crippen LogP contribution in [0.25, 0.3) is 0 Å². The molecule has 0 bridgehead atoms. The Morgan fingerprint density at radius 2 is 2.00 bits per heavy atom. The first-order chi connectivity index (χ1) is 8.93. The number of nitrogens with one attached hydrogen (secondary N) is 1. The van der Waals surface area contributed by atoms with Crippen molar-refractivity contribution < 1.29 is 0 Å². The quantitative estimate of drug-likeness (QED) is 0.866. The standard InChI is InChI=1S/C14H22N4/c1-2-5-12(4-1)13-6-8-16-14(17-13)18-10-3-7-15-9-11-18/h6,8,12,15H,1-5,7,9-11H2. The van der Waals surface area contributed by atoms with E-state index in [-0.39, 0.29) is 0 Å². The molecule has 4 heteroatoms. The molecule has 98 valence electrons. The van der Waals surface area contributed by atoms with Gasteiger partial charge in [0.25, 0.3) is 0 Å². The molecule has 2 fully saturated rings. The maximum absolute atomic E-state index is 4.81. The maximum atomic E-state index is 4.81. The highest BCUT2D eigenvalue weighted by Gasteiger charge is 2.20. The molecule has 18 heavy (non-hydrogen) atoms. The summed E-state index contributed by atoms with van der Waals surface area (Å²) in [6, 6.07) is 2.11. The molecule has 0 radical (unpaired) electrons. The zero-order valence-corrected chi connectivity index (χ0v) is 10.9.